The standard InChI is InChI=1S/C11H14BrN3/c1-7-6-8(2-5-10(7)12)11(15-13)14-9-3-4-9/h2,5-6,9H,3-4,13H2,1H3,(H,14,15). The van der Waals surface area contributed by atoms with Crippen LogP contribution >= 0.6 is 15.9 Å². The zero-order valence-corrected chi connectivity index (χ0v) is 10.2. The summed E-state index contributed by atoms with van der Waals surface area (Å²) in [5.41, 5.74) is 4.90. The maximum atomic E-state index is 5.48. The van der Waals surface area contributed by atoms with Crippen molar-refractivity contribution < 1.29 is 0 Å². The molecule has 15 heavy (non-hydrogen) atoms. The first-order chi connectivity index (χ1) is 7.20. The fraction of sp³-hybridized carbons (Fsp3) is 0.364. The van der Waals surface area contributed by atoms with E-state index in [1.807, 2.05) is 12.1 Å². The summed E-state index contributed by atoms with van der Waals surface area (Å²) >= 11 is 3.47. The molecular weight excluding hydrogens is 254 g/mol. The monoisotopic (exact) mass is 267 g/mol. The van der Waals surface area contributed by atoms with Crippen molar-refractivity contribution in [2.75, 3.05) is 0 Å². The van der Waals surface area contributed by atoms with Crippen LogP contribution in [0.25, 0.3) is 0 Å². The summed E-state index contributed by atoms with van der Waals surface area (Å²) in [5, 5.41) is 0. The van der Waals surface area contributed by atoms with Crippen LogP contribution in [0.5, 0.6) is 0 Å². The number of nitrogens with one attached hydrogen (secondary N) is 1. The number of nitrogens with two attached hydrogens (primary N) is 1. The van der Waals surface area contributed by atoms with Crippen molar-refractivity contribution in [3.63, 3.8) is 0 Å². The fourth-order valence-electron chi connectivity index (χ4n) is 1.37. The molecular formula is C11H14BrN3. The molecule has 4 heteroatoms. The van der Waals surface area contributed by atoms with E-state index in [1.54, 1.807) is 0 Å². The van der Waals surface area contributed by atoms with Crippen LogP contribution < -0.4 is 11.3 Å². The summed E-state index contributed by atoms with van der Waals surface area (Å²) in [4.78, 5) is 4.51. The quantitative estimate of drug-likeness (QED) is 0.373. The number of aryl methyl sites for hydroxylation is 1. The zero-order chi connectivity index (χ0) is 10.8. The van der Waals surface area contributed by atoms with E-state index in [0.29, 0.717) is 6.04 Å². The highest BCUT2D eigenvalue weighted by atomic mass is 79.9. The van der Waals surface area contributed by atoms with Gasteiger partial charge in [-0.2, -0.15) is 0 Å². The van der Waals surface area contributed by atoms with Crippen molar-refractivity contribution >= 4 is 21.8 Å². The molecule has 0 heterocycles. The predicted molar refractivity (Wildman–Crippen MR) is 65.8 cm³/mol. The third-order valence-electron chi connectivity index (χ3n) is 2.43. The van der Waals surface area contributed by atoms with Gasteiger partial charge >= 0.3 is 0 Å². The highest BCUT2D eigenvalue weighted by molar-refractivity contribution is 9.10. The number of hydrogen-bond donors (Lipinski definition) is 2. The number of hydrogen-bond acceptors (Lipinski definition) is 2. The van der Waals surface area contributed by atoms with Crippen LogP contribution in [0.2, 0.25) is 0 Å². The third kappa shape index (κ3) is 2.58. The third-order valence-corrected chi connectivity index (χ3v) is 3.32. The lowest BCUT2D eigenvalue weighted by Gasteiger charge is -2.07. The lowest BCUT2D eigenvalue weighted by molar-refractivity contribution is 0.971. The Hall–Kier alpha value is -0.870. The molecule has 0 spiro atoms. The molecule has 0 unspecified atom stereocenters. The van der Waals surface area contributed by atoms with Gasteiger partial charge in [0.05, 0.1) is 6.04 Å². The molecule has 1 aromatic rings. The Morgan fingerprint density at radius 1 is 1.53 bits per heavy atom. The van der Waals surface area contributed by atoms with Gasteiger partial charge in [0.2, 0.25) is 0 Å². The summed E-state index contributed by atoms with van der Waals surface area (Å²) < 4.78 is 1.11. The molecule has 1 aliphatic carbocycles. The molecule has 1 fully saturated rings. The molecule has 0 saturated heterocycles. The first-order valence-electron chi connectivity index (χ1n) is 5.01. The molecule has 0 amide bonds. The van der Waals surface area contributed by atoms with Gasteiger partial charge in [-0.1, -0.05) is 22.0 Å². The lowest BCUT2D eigenvalue weighted by atomic mass is 10.1. The summed E-state index contributed by atoms with van der Waals surface area (Å²) in [6.45, 7) is 2.05. The molecule has 1 aliphatic rings. The van der Waals surface area contributed by atoms with Gasteiger partial charge in [0.25, 0.3) is 0 Å². The highest BCUT2D eigenvalue weighted by Crippen LogP contribution is 2.24. The van der Waals surface area contributed by atoms with Crippen LogP contribution in [0.15, 0.2) is 27.7 Å². The van der Waals surface area contributed by atoms with Crippen molar-refractivity contribution in [2.45, 2.75) is 25.8 Å². The molecule has 0 bridgehead atoms. The van der Waals surface area contributed by atoms with Crippen LogP contribution in [0, 0.1) is 6.92 Å². The molecule has 3 N–H and O–H groups in total. The second kappa shape index (κ2) is 4.33. The molecule has 80 valence electrons. The predicted octanol–water partition coefficient (Wildman–Crippen LogP) is 2.13. The Morgan fingerprint density at radius 3 is 2.80 bits per heavy atom. The van der Waals surface area contributed by atoms with E-state index in [1.165, 1.54) is 18.4 Å². The second-order valence-corrected chi connectivity index (χ2v) is 4.67. The van der Waals surface area contributed by atoms with E-state index >= 15 is 0 Å². The van der Waals surface area contributed by atoms with Gasteiger partial charge in [-0.05, 0) is 37.5 Å². The molecule has 0 radical (unpaired) electrons. The van der Waals surface area contributed by atoms with Crippen molar-refractivity contribution in [1.82, 2.24) is 5.43 Å². The number of amidine groups is 1. The minimum Gasteiger partial charge on any atom is -0.308 e. The van der Waals surface area contributed by atoms with Crippen molar-refractivity contribution in [2.24, 2.45) is 10.8 Å². The van der Waals surface area contributed by atoms with E-state index in [2.05, 4.69) is 39.3 Å². The number of hydrazine groups is 1. The topological polar surface area (TPSA) is 50.4 Å². The summed E-state index contributed by atoms with van der Waals surface area (Å²) in [6.07, 6.45) is 2.36. The SMILES string of the molecule is Cc1cc(C(=NC2CC2)NN)ccc1Br. The van der Waals surface area contributed by atoms with Crippen LogP contribution in [0.1, 0.15) is 24.0 Å². The normalized spacial score (nSPS) is 16.6. The second-order valence-electron chi connectivity index (χ2n) is 3.82. The van der Waals surface area contributed by atoms with Gasteiger partial charge in [0.1, 0.15) is 5.84 Å². The molecule has 2 rings (SSSR count). The highest BCUT2D eigenvalue weighted by Gasteiger charge is 2.21. The maximum Gasteiger partial charge on any atom is 0.142 e. The van der Waals surface area contributed by atoms with Gasteiger partial charge < -0.3 is 5.43 Å². The molecule has 0 aliphatic heterocycles. The number of halogens is 1. The van der Waals surface area contributed by atoms with E-state index < -0.39 is 0 Å². The van der Waals surface area contributed by atoms with Crippen molar-refractivity contribution in [1.29, 1.82) is 0 Å². The first kappa shape index (κ1) is 10.6. The van der Waals surface area contributed by atoms with Crippen LogP contribution in [-0.4, -0.2) is 11.9 Å². The Morgan fingerprint density at radius 2 is 2.27 bits per heavy atom. The van der Waals surface area contributed by atoms with Crippen LogP contribution in [-0.2, 0) is 0 Å². The number of benzene rings is 1. The lowest BCUT2D eigenvalue weighted by Crippen LogP contribution is -2.31. The first-order valence-corrected chi connectivity index (χ1v) is 5.81. The Bertz CT molecular complexity index is 397. The zero-order valence-electron chi connectivity index (χ0n) is 8.63. The largest absolute Gasteiger partial charge is 0.308 e. The number of nitrogens with zero attached hydrogens (tertiary/aromatic N) is 1. The van der Waals surface area contributed by atoms with Gasteiger partial charge in [-0.15, -0.1) is 0 Å². The average molecular weight is 268 g/mol. The average Bonchev–Trinajstić information content (AvgIpc) is 3.02. The van der Waals surface area contributed by atoms with Crippen molar-refractivity contribution in [3.05, 3.63) is 33.8 Å². The molecule has 0 aromatic heterocycles. The minimum atomic E-state index is 0.472. The maximum absolute atomic E-state index is 5.48. The van der Waals surface area contributed by atoms with Crippen LogP contribution in [0.3, 0.4) is 0 Å². The number of aliphatic imine (C=N–C) groups is 1. The minimum absolute atomic E-state index is 0.472. The fourth-order valence-corrected chi connectivity index (χ4v) is 1.62. The van der Waals surface area contributed by atoms with Gasteiger partial charge in [0, 0.05) is 10.0 Å². The molecule has 1 aromatic carbocycles. The van der Waals surface area contributed by atoms with E-state index in [0.717, 1.165) is 15.9 Å². The smallest absolute Gasteiger partial charge is 0.142 e. The van der Waals surface area contributed by atoms with Crippen LogP contribution in [0.4, 0.5) is 0 Å². The molecule has 1 saturated carbocycles. The van der Waals surface area contributed by atoms with Gasteiger partial charge in [-0.3, -0.25) is 4.99 Å². The molecule has 3 nitrogen and oxygen atoms in total. The van der Waals surface area contributed by atoms with Gasteiger partial charge in [0.15, 0.2) is 0 Å². The summed E-state index contributed by atoms with van der Waals surface area (Å²) in [6, 6.07) is 6.58. The Labute approximate surface area is 97.9 Å². The summed E-state index contributed by atoms with van der Waals surface area (Å²) in [5.74, 6) is 6.26. The van der Waals surface area contributed by atoms with E-state index in [-0.39, 0.29) is 0 Å². The Kier molecular flexibility index (Phi) is 3.07. The van der Waals surface area contributed by atoms with Gasteiger partial charge in [-0.25, -0.2) is 5.84 Å². The summed E-state index contributed by atoms with van der Waals surface area (Å²) in [7, 11) is 0. The Balaban J connectivity index is 2.29. The molecule has 0 atom stereocenters. The van der Waals surface area contributed by atoms with Crippen molar-refractivity contribution in [3.8, 4) is 0 Å². The van der Waals surface area contributed by atoms with E-state index in [9.17, 15) is 0 Å². The van der Waals surface area contributed by atoms with E-state index in [4.69, 9.17) is 5.84 Å². The number of rotatable bonds is 2.